The second-order valence-electron chi connectivity index (χ2n) is 7.37. The Hall–Kier alpha value is -3.59. The molecule has 0 radical (unpaired) electrons. The molecule has 1 aromatic heterocycles. The molecule has 3 atom stereocenters. The van der Waals surface area contributed by atoms with E-state index in [1.807, 2.05) is 0 Å². The number of benzene rings is 1. The fourth-order valence-corrected chi connectivity index (χ4v) is 3.69. The van der Waals surface area contributed by atoms with Gasteiger partial charge < -0.3 is 25.1 Å². The van der Waals surface area contributed by atoms with E-state index in [4.69, 9.17) is 15.2 Å². The SMILES string of the molecule is C[C@H](Nc1ccc2c(c1)OCCn1cc(N3C(=C=O)O[C@H](C)[C@H]3C(F)F)nc1-2)C(N)=O. The summed E-state index contributed by atoms with van der Waals surface area (Å²) in [4.78, 5) is 28.2. The molecule has 164 valence electrons. The summed E-state index contributed by atoms with van der Waals surface area (Å²) >= 11 is 0. The normalized spacial score (nSPS) is 20.8. The van der Waals surface area contributed by atoms with Crippen LogP contribution < -0.4 is 20.7 Å². The van der Waals surface area contributed by atoms with Crippen molar-refractivity contribution in [3.8, 4) is 17.1 Å². The Morgan fingerprint density at radius 3 is 2.87 bits per heavy atom. The van der Waals surface area contributed by atoms with Crippen LogP contribution in [-0.2, 0) is 20.9 Å². The Balaban J connectivity index is 1.72. The lowest BCUT2D eigenvalue weighted by Gasteiger charge is -2.21. The van der Waals surface area contributed by atoms with Gasteiger partial charge in [0, 0.05) is 18.0 Å². The number of primary amides is 1. The first-order valence-corrected chi connectivity index (χ1v) is 9.69. The van der Waals surface area contributed by atoms with E-state index in [0.29, 0.717) is 36.0 Å². The number of anilines is 2. The lowest BCUT2D eigenvalue weighted by Crippen LogP contribution is -2.40. The summed E-state index contributed by atoms with van der Waals surface area (Å²) < 4.78 is 40.2. The molecule has 0 aliphatic carbocycles. The smallest absolute Gasteiger partial charge is 0.284 e. The van der Waals surface area contributed by atoms with Gasteiger partial charge in [0.05, 0.1) is 12.1 Å². The first kappa shape index (κ1) is 20.7. The summed E-state index contributed by atoms with van der Waals surface area (Å²) in [5.74, 6) is 1.96. The largest absolute Gasteiger partial charge is 0.491 e. The van der Waals surface area contributed by atoms with Gasteiger partial charge in [-0.3, -0.25) is 9.69 Å². The van der Waals surface area contributed by atoms with Crippen LogP contribution in [0.1, 0.15) is 13.8 Å². The molecular weight excluding hydrogens is 412 g/mol. The zero-order valence-electron chi connectivity index (χ0n) is 16.8. The molecule has 3 heterocycles. The van der Waals surface area contributed by atoms with E-state index in [1.54, 1.807) is 41.8 Å². The number of hydrogen-bond acceptors (Lipinski definition) is 7. The second kappa shape index (κ2) is 7.92. The lowest BCUT2D eigenvalue weighted by atomic mass is 10.1. The van der Waals surface area contributed by atoms with E-state index in [9.17, 15) is 18.4 Å². The predicted molar refractivity (Wildman–Crippen MR) is 107 cm³/mol. The molecule has 0 bridgehead atoms. The third kappa shape index (κ3) is 3.68. The number of nitrogens with one attached hydrogen (secondary N) is 1. The Kier molecular flexibility index (Phi) is 5.28. The molecule has 11 heteroatoms. The first-order chi connectivity index (χ1) is 14.8. The minimum atomic E-state index is -2.75. The minimum Gasteiger partial charge on any atom is -0.491 e. The van der Waals surface area contributed by atoms with Crippen molar-refractivity contribution in [2.75, 3.05) is 16.8 Å². The number of carbonyl (C=O) groups excluding carboxylic acids is 2. The van der Waals surface area contributed by atoms with Crippen LogP contribution in [0.15, 0.2) is 30.3 Å². The molecule has 2 aromatic rings. The van der Waals surface area contributed by atoms with Gasteiger partial charge in [-0.05, 0) is 26.0 Å². The number of imidazole rings is 1. The zero-order chi connectivity index (χ0) is 22.3. The number of nitrogens with two attached hydrogens (primary N) is 1. The number of hydrogen-bond donors (Lipinski definition) is 2. The van der Waals surface area contributed by atoms with Crippen LogP contribution in [0.3, 0.4) is 0 Å². The highest BCUT2D eigenvalue weighted by atomic mass is 19.3. The van der Waals surface area contributed by atoms with Gasteiger partial charge in [-0.25, -0.2) is 18.6 Å². The lowest BCUT2D eigenvalue weighted by molar-refractivity contribution is -0.118. The van der Waals surface area contributed by atoms with Crippen molar-refractivity contribution in [2.45, 2.75) is 45.0 Å². The van der Waals surface area contributed by atoms with Crippen LogP contribution in [0.25, 0.3) is 11.4 Å². The number of alkyl halides is 2. The highest BCUT2D eigenvalue weighted by Gasteiger charge is 2.45. The van der Waals surface area contributed by atoms with Crippen LogP contribution >= 0.6 is 0 Å². The number of halogens is 2. The molecule has 4 rings (SSSR count). The second-order valence-corrected chi connectivity index (χ2v) is 7.37. The molecule has 9 nitrogen and oxygen atoms in total. The van der Waals surface area contributed by atoms with E-state index < -0.39 is 30.5 Å². The third-order valence-corrected chi connectivity index (χ3v) is 5.27. The van der Waals surface area contributed by atoms with Gasteiger partial charge in [-0.2, -0.15) is 0 Å². The maximum absolute atomic E-state index is 13.7. The highest BCUT2D eigenvalue weighted by molar-refractivity contribution is 5.83. The van der Waals surface area contributed by atoms with Crippen molar-refractivity contribution in [3.05, 3.63) is 30.3 Å². The van der Waals surface area contributed by atoms with Crippen molar-refractivity contribution < 1.29 is 27.8 Å². The van der Waals surface area contributed by atoms with Crippen molar-refractivity contribution in [3.63, 3.8) is 0 Å². The van der Waals surface area contributed by atoms with E-state index >= 15 is 0 Å². The summed E-state index contributed by atoms with van der Waals surface area (Å²) in [5.41, 5.74) is 6.57. The standard InChI is InChI=1S/C20H21F2N5O4/c1-10(19(23)29)24-12-3-4-13-14(7-12)30-6-5-26-8-15(25-20(13)26)27-16(9-28)31-11(2)17(27)18(21)22/h3-4,7-8,10-11,17-18,24H,5-6H2,1-2H3,(H2,23,29)/t10-,11+,17-/m0/s1. The number of nitrogens with zero attached hydrogens (tertiary/aromatic N) is 3. The molecular formula is C20H21F2N5O4. The van der Waals surface area contributed by atoms with Gasteiger partial charge in [0.1, 0.15) is 36.4 Å². The number of carbonyl (C=O) groups is 1. The molecule has 2 aliphatic rings. The maximum atomic E-state index is 13.7. The molecule has 2 aliphatic heterocycles. The maximum Gasteiger partial charge on any atom is 0.284 e. The van der Waals surface area contributed by atoms with Gasteiger partial charge in [0.2, 0.25) is 5.91 Å². The molecule has 0 saturated carbocycles. The van der Waals surface area contributed by atoms with Crippen molar-refractivity contribution in [1.29, 1.82) is 0 Å². The number of ether oxygens (including phenoxy) is 2. The summed E-state index contributed by atoms with van der Waals surface area (Å²) in [6.45, 7) is 3.85. The third-order valence-electron chi connectivity index (χ3n) is 5.27. The molecule has 1 aromatic carbocycles. The summed E-state index contributed by atoms with van der Waals surface area (Å²) in [5, 5.41) is 2.99. The fourth-order valence-electron chi connectivity index (χ4n) is 3.69. The van der Waals surface area contributed by atoms with E-state index in [0.717, 1.165) is 4.90 Å². The average molecular weight is 433 g/mol. The topological polar surface area (TPSA) is 112 Å². The molecule has 1 fully saturated rings. The quantitative estimate of drug-likeness (QED) is 0.691. The molecule has 0 spiro atoms. The van der Waals surface area contributed by atoms with Crippen LogP contribution in [-0.4, -0.2) is 52.6 Å². The van der Waals surface area contributed by atoms with E-state index in [1.165, 1.54) is 6.92 Å². The number of amides is 1. The van der Waals surface area contributed by atoms with Crippen LogP contribution in [0.4, 0.5) is 20.3 Å². The number of rotatable bonds is 5. The summed E-state index contributed by atoms with van der Waals surface area (Å²) in [7, 11) is 0. The average Bonchev–Trinajstić information content (AvgIpc) is 3.24. The monoisotopic (exact) mass is 433 g/mol. The molecule has 3 N–H and O–H groups in total. The Morgan fingerprint density at radius 2 is 2.19 bits per heavy atom. The zero-order valence-corrected chi connectivity index (χ0v) is 16.8. The summed E-state index contributed by atoms with van der Waals surface area (Å²) in [6.07, 6.45) is -2.06. The van der Waals surface area contributed by atoms with Gasteiger partial charge in [-0.1, -0.05) is 0 Å². The van der Waals surface area contributed by atoms with Gasteiger partial charge in [0.25, 0.3) is 12.3 Å². The molecule has 31 heavy (non-hydrogen) atoms. The van der Waals surface area contributed by atoms with Gasteiger partial charge >= 0.3 is 0 Å². The van der Waals surface area contributed by atoms with E-state index in [2.05, 4.69) is 10.3 Å². The fraction of sp³-hybridized carbons (Fsp3) is 0.400. The Labute approximate surface area is 176 Å². The van der Waals surface area contributed by atoms with Gasteiger partial charge in [0.15, 0.2) is 11.8 Å². The van der Waals surface area contributed by atoms with E-state index in [-0.39, 0.29) is 11.7 Å². The van der Waals surface area contributed by atoms with Crippen molar-refractivity contribution >= 4 is 23.4 Å². The van der Waals surface area contributed by atoms with Crippen LogP contribution in [0.5, 0.6) is 5.75 Å². The predicted octanol–water partition coefficient (Wildman–Crippen LogP) is 1.76. The molecule has 1 amide bonds. The van der Waals surface area contributed by atoms with Crippen molar-refractivity contribution in [1.82, 2.24) is 9.55 Å². The Bertz CT molecular complexity index is 1070. The van der Waals surface area contributed by atoms with Crippen molar-refractivity contribution in [2.24, 2.45) is 5.73 Å². The Morgan fingerprint density at radius 1 is 1.42 bits per heavy atom. The van der Waals surface area contributed by atoms with Crippen LogP contribution in [0, 0.1) is 0 Å². The minimum absolute atomic E-state index is 0.167. The summed E-state index contributed by atoms with van der Waals surface area (Å²) in [6, 6.07) is 3.29. The first-order valence-electron chi connectivity index (χ1n) is 9.69. The highest BCUT2D eigenvalue weighted by Crippen LogP contribution is 2.39. The van der Waals surface area contributed by atoms with Gasteiger partial charge in [-0.15, -0.1) is 0 Å². The van der Waals surface area contributed by atoms with Crippen LogP contribution in [0.2, 0.25) is 0 Å². The number of fused-ring (bicyclic) bond motifs is 3. The molecule has 0 unspecified atom stereocenters. The molecule has 1 saturated heterocycles. The number of aromatic nitrogens is 2.